The first-order valence-corrected chi connectivity index (χ1v) is 4.48. The second kappa shape index (κ2) is 3.23. The molecule has 12 heavy (non-hydrogen) atoms. The minimum Gasteiger partial charge on any atom is -0.316 e. The molecule has 0 unspecified atom stereocenters. The van der Waals surface area contributed by atoms with Crippen LogP contribution in [0, 0.1) is 12.8 Å². The maximum Gasteiger partial charge on any atom is 0.0410 e. The molecule has 0 saturated carbocycles. The van der Waals surface area contributed by atoms with Crippen LogP contribution >= 0.6 is 0 Å². The van der Waals surface area contributed by atoms with Gasteiger partial charge in [-0.3, -0.25) is 4.98 Å². The fourth-order valence-electron chi connectivity index (χ4n) is 1.50. The van der Waals surface area contributed by atoms with Gasteiger partial charge in [-0.2, -0.15) is 0 Å². The zero-order chi connectivity index (χ0) is 8.39. The first kappa shape index (κ1) is 7.74. The minimum atomic E-state index is 0.819. The lowest BCUT2D eigenvalue weighted by Crippen LogP contribution is -2.43. The molecule has 0 aromatic carbocycles. The summed E-state index contributed by atoms with van der Waals surface area (Å²) in [5.74, 6) is 0.819. The van der Waals surface area contributed by atoms with Gasteiger partial charge in [-0.25, -0.2) is 0 Å². The smallest absolute Gasteiger partial charge is 0.0410 e. The molecule has 64 valence electrons. The van der Waals surface area contributed by atoms with E-state index < -0.39 is 0 Å². The topological polar surface area (TPSA) is 24.9 Å². The molecule has 2 rings (SSSR count). The number of hydrogen-bond donors (Lipinski definition) is 1. The SMILES string of the molecule is Cc1cccc(CC2CNC2)n1. The van der Waals surface area contributed by atoms with Crippen molar-refractivity contribution in [2.24, 2.45) is 5.92 Å². The molecule has 0 spiro atoms. The first-order chi connectivity index (χ1) is 5.84. The Morgan fingerprint density at radius 1 is 1.50 bits per heavy atom. The lowest BCUT2D eigenvalue weighted by Gasteiger charge is -2.26. The summed E-state index contributed by atoms with van der Waals surface area (Å²) >= 11 is 0. The molecule has 1 saturated heterocycles. The van der Waals surface area contributed by atoms with E-state index >= 15 is 0 Å². The average Bonchev–Trinajstić information content (AvgIpc) is 1.97. The van der Waals surface area contributed by atoms with Gasteiger partial charge in [0.25, 0.3) is 0 Å². The first-order valence-electron chi connectivity index (χ1n) is 4.48. The van der Waals surface area contributed by atoms with Crippen molar-refractivity contribution in [3.63, 3.8) is 0 Å². The molecule has 1 aliphatic heterocycles. The molecule has 2 heteroatoms. The van der Waals surface area contributed by atoms with Gasteiger partial charge in [-0.05, 0) is 44.5 Å². The molecule has 0 bridgehead atoms. The largest absolute Gasteiger partial charge is 0.316 e. The molecule has 0 radical (unpaired) electrons. The molecule has 2 nitrogen and oxygen atoms in total. The molecule has 1 fully saturated rings. The van der Waals surface area contributed by atoms with E-state index in [1.165, 1.54) is 5.69 Å². The van der Waals surface area contributed by atoms with Crippen molar-refractivity contribution in [3.8, 4) is 0 Å². The fourth-order valence-corrected chi connectivity index (χ4v) is 1.50. The lowest BCUT2D eigenvalue weighted by molar-refractivity contribution is 0.344. The Bertz CT molecular complexity index is 266. The van der Waals surface area contributed by atoms with Gasteiger partial charge in [-0.1, -0.05) is 6.07 Å². The second-order valence-corrected chi connectivity index (χ2v) is 3.50. The maximum absolute atomic E-state index is 4.47. The maximum atomic E-state index is 4.47. The van der Waals surface area contributed by atoms with Gasteiger partial charge < -0.3 is 5.32 Å². The molecule has 1 N–H and O–H groups in total. The molecule has 0 atom stereocenters. The molecule has 1 aromatic heterocycles. The van der Waals surface area contributed by atoms with Crippen LogP contribution in [0.5, 0.6) is 0 Å². The van der Waals surface area contributed by atoms with E-state index in [0.29, 0.717) is 0 Å². The monoisotopic (exact) mass is 162 g/mol. The van der Waals surface area contributed by atoms with Crippen LogP contribution in [0.25, 0.3) is 0 Å². The van der Waals surface area contributed by atoms with E-state index in [0.717, 1.165) is 31.1 Å². The normalized spacial score (nSPS) is 17.4. The van der Waals surface area contributed by atoms with Crippen molar-refractivity contribution in [3.05, 3.63) is 29.6 Å². The van der Waals surface area contributed by atoms with Crippen LogP contribution in [0.1, 0.15) is 11.4 Å². The zero-order valence-electron chi connectivity index (χ0n) is 7.38. The molecule has 0 aliphatic carbocycles. The molecular formula is C10H14N2. The van der Waals surface area contributed by atoms with Crippen molar-refractivity contribution in [2.45, 2.75) is 13.3 Å². The van der Waals surface area contributed by atoms with Gasteiger partial charge in [0.2, 0.25) is 0 Å². The van der Waals surface area contributed by atoms with Crippen LogP contribution in [0.2, 0.25) is 0 Å². The van der Waals surface area contributed by atoms with Crippen LogP contribution in [0.4, 0.5) is 0 Å². The third-order valence-electron chi connectivity index (χ3n) is 2.31. The van der Waals surface area contributed by atoms with Crippen molar-refractivity contribution in [1.29, 1.82) is 0 Å². The number of nitrogens with one attached hydrogen (secondary N) is 1. The van der Waals surface area contributed by atoms with E-state index in [9.17, 15) is 0 Å². The fraction of sp³-hybridized carbons (Fsp3) is 0.500. The highest BCUT2D eigenvalue weighted by Gasteiger charge is 2.17. The minimum absolute atomic E-state index is 0.819. The highest BCUT2D eigenvalue weighted by atomic mass is 14.9. The van der Waals surface area contributed by atoms with Crippen molar-refractivity contribution < 1.29 is 0 Å². The van der Waals surface area contributed by atoms with Crippen LogP contribution in [0.3, 0.4) is 0 Å². The molecule has 0 amide bonds. The van der Waals surface area contributed by atoms with Crippen LogP contribution < -0.4 is 5.32 Å². The molecule has 2 heterocycles. The summed E-state index contributed by atoms with van der Waals surface area (Å²) in [6.07, 6.45) is 1.13. The van der Waals surface area contributed by atoms with Gasteiger partial charge in [-0.15, -0.1) is 0 Å². The lowest BCUT2D eigenvalue weighted by atomic mass is 9.97. The summed E-state index contributed by atoms with van der Waals surface area (Å²) in [6, 6.07) is 6.25. The average molecular weight is 162 g/mol. The summed E-state index contributed by atoms with van der Waals surface area (Å²) in [4.78, 5) is 4.47. The number of hydrogen-bond acceptors (Lipinski definition) is 2. The van der Waals surface area contributed by atoms with Gasteiger partial charge in [0.05, 0.1) is 0 Å². The summed E-state index contributed by atoms with van der Waals surface area (Å²) in [6.45, 7) is 4.37. The highest BCUT2D eigenvalue weighted by molar-refractivity contribution is 5.11. The van der Waals surface area contributed by atoms with Gasteiger partial charge in [0, 0.05) is 11.4 Å². The Balaban J connectivity index is 2.02. The van der Waals surface area contributed by atoms with Crippen molar-refractivity contribution >= 4 is 0 Å². The Morgan fingerprint density at radius 2 is 2.33 bits per heavy atom. The summed E-state index contributed by atoms with van der Waals surface area (Å²) in [5.41, 5.74) is 2.36. The van der Waals surface area contributed by atoms with Crippen molar-refractivity contribution in [1.82, 2.24) is 10.3 Å². The Labute approximate surface area is 73.0 Å². The number of nitrogens with zero attached hydrogens (tertiary/aromatic N) is 1. The summed E-state index contributed by atoms with van der Waals surface area (Å²) in [7, 11) is 0. The summed E-state index contributed by atoms with van der Waals surface area (Å²) in [5, 5.41) is 3.27. The Morgan fingerprint density at radius 3 is 2.92 bits per heavy atom. The van der Waals surface area contributed by atoms with E-state index in [1.54, 1.807) is 0 Å². The van der Waals surface area contributed by atoms with Gasteiger partial charge in [0.1, 0.15) is 0 Å². The van der Waals surface area contributed by atoms with E-state index in [-0.39, 0.29) is 0 Å². The quantitative estimate of drug-likeness (QED) is 0.705. The van der Waals surface area contributed by atoms with Gasteiger partial charge >= 0.3 is 0 Å². The predicted octanol–water partition coefficient (Wildman–Crippen LogP) is 1.15. The number of pyridine rings is 1. The van der Waals surface area contributed by atoms with E-state index in [1.807, 2.05) is 13.0 Å². The zero-order valence-corrected chi connectivity index (χ0v) is 7.38. The molecule has 1 aromatic rings. The predicted molar refractivity (Wildman–Crippen MR) is 49.0 cm³/mol. The molecular weight excluding hydrogens is 148 g/mol. The Kier molecular flexibility index (Phi) is 2.09. The second-order valence-electron chi connectivity index (χ2n) is 3.50. The number of aryl methyl sites for hydroxylation is 1. The van der Waals surface area contributed by atoms with Crippen molar-refractivity contribution in [2.75, 3.05) is 13.1 Å². The standard InChI is InChI=1S/C10H14N2/c1-8-3-2-4-10(12-8)5-9-6-11-7-9/h2-4,9,11H,5-7H2,1H3. The highest BCUT2D eigenvalue weighted by Crippen LogP contribution is 2.10. The van der Waals surface area contributed by atoms with Crippen LogP contribution in [0.15, 0.2) is 18.2 Å². The van der Waals surface area contributed by atoms with Gasteiger partial charge in [0.15, 0.2) is 0 Å². The summed E-state index contributed by atoms with van der Waals surface area (Å²) < 4.78 is 0. The van der Waals surface area contributed by atoms with Crippen LogP contribution in [-0.4, -0.2) is 18.1 Å². The van der Waals surface area contributed by atoms with E-state index in [2.05, 4.69) is 22.4 Å². The third kappa shape index (κ3) is 1.64. The number of aromatic nitrogens is 1. The van der Waals surface area contributed by atoms with Crippen LogP contribution in [-0.2, 0) is 6.42 Å². The molecule has 1 aliphatic rings. The van der Waals surface area contributed by atoms with E-state index in [4.69, 9.17) is 0 Å². The third-order valence-corrected chi connectivity index (χ3v) is 2.31. The Hall–Kier alpha value is -0.890. The number of rotatable bonds is 2.